The standard InChI is InChI=1S/C23H32N3O.2CH4O.CHO.Re/c24-13-18-26(19-22-9-4-5-10-23(22)27)15-6-14-25-16-11-21(12-17-25)20-7-2-1-3-8-20;3*1-2;/h1-5,7-10,21,24,27H,6,11-19H2;2*2H,1H3;1H;/q-1;;;-1;. The van der Waals surface area contributed by atoms with E-state index in [9.17, 15) is 5.11 Å². The summed E-state index contributed by atoms with van der Waals surface area (Å²) in [6.07, 6.45) is 3.61. The summed E-state index contributed by atoms with van der Waals surface area (Å²) in [5, 5.41) is 24.0. The van der Waals surface area contributed by atoms with Crippen LogP contribution in [0.5, 0.6) is 5.75 Å². The van der Waals surface area contributed by atoms with Gasteiger partial charge < -0.3 is 35.6 Å². The number of hydrogen-bond donors (Lipinski definition) is 3. The van der Waals surface area contributed by atoms with Crippen LogP contribution in [0.25, 0.3) is 5.73 Å². The third-order valence-corrected chi connectivity index (χ3v) is 5.62. The van der Waals surface area contributed by atoms with Gasteiger partial charge in [0.05, 0.1) is 0 Å². The average molecular weight is 646 g/mol. The van der Waals surface area contributed by atoms with E-state index in [0.29, 0.717) is 18.2 Å². The molecule has 1 saturated heterocycles. The number of aliphatic hydroxyl groups is 2. The van der Waals surface area contributed by atoms with Gasteiger partial charge in [-0.1, -0.05) is 48.5 Å². The van der Waals surface area contributed by atoms with Crippen LogP contribution in [0.2, 0.25) is 0 Å². The third kappa shape index (κ3) is 13.3. The SMILES string of the molecule is CO.CO.[CH-]=O.[NH-]CCN(CCCN1CCC(c2ccccc2)CC1)Cc1ccccc1O.[Re]. The topological polar surface area (TPSA) is 108 Å². The molecule has 193 valence electrons. The number of aliphatic hydroxyl groups excluding tert-OH is 2. The molecule has 2 aromatic rings. The van der Waals surface area contributed by atoms with Gasteiger partial charge in [-0.3, -0.25) is 6.79 Å². The zero-order chi connectivity index (χ0) is 24.9. The molecule has 8 heteroatoms. The zero-order valence-electron chi connectivity index (χ0n) is 20.4. The summed E-state index contributed by atoms with van der Waals surface area (Å²) in [6.45, 7) is 9.58. The van der Waals surface area contributed by atoms with Gasteiger partial charge in [0, 0.05) is 46.8 Å². The van der Waals surface area contributed by atoms with Crippen molar-refractivity contribution in [1.29, 1.82) is 0 Å². The first kappa shape index (κ1) is 34.5. The van der Waals surface area contributed by atoms with Gasteiger partial charge in [0.25, 0.3) is 0 Å². The first-order valence-electron chi connectivity index (χ1n) is 11.3. The van der Waals surface area contributed by atoms with Gasteiger partial charge >= 0.3 is 0 Å². The molecule has 0 unspecified atom stereocenters. The number of rotatable bonds is 9. The number of piperidine rings is 1. The summed E-state index contributed by atoms with van der Waals surface area (Å²) >= 11 is 0. The van der Waals surface area contributed by atoms with Crippen LogP contribution in [0.4, 0.5) is 0 Å². The number of phenolic OH excluding ortho intramolecular Hbond substituents is 1. The summed E-state index contributed by atoms with van der Waals surface area (Å²) in [6, 6.07) is 18.4. The van der Waals surface area contributed by atoms with Crippen LogP contribution in [0.1, 0.15) is 36.3 Å². The molecule has 1 aliphatic heterocycles. The minimum Gasteiger partial charge on any atom is -0.676 e. The van der Waals surface area contributed by atoms with Crippen LogP contribution < -0.4 is 0 Å². The summed E-state index contributed by atoms with van der Waals surface area (Å²) in [7, 11) is 2.00. The second kappa shape index (κ2) is 23.1. The number of nitrogens with zero attached hydrogens (tertiary/aromatic N) is 2. The summed E-state index contributed by atoms with van der Waals surface area (Å²) in [5.41, 5.74) is 10.0. The van der Waals surface area contributed by atoms with Gasteiger partial charge in [-0.15, -0.1) is 6.54 Å². The number of para-hydroxylation sites is 1. The predicted molar refractivity (Wildman–Crippen MR) is 135 cm³/mol. The molecule has 0 bridgehead atoms. The van der Waals surface area contributed by atoms with E-state index < -0.39 is 0 Å². The Morgan fingerprint density at radius 3 is 2.06 bits per heavy atom. The molecule has 0 spiro atoms. The minimum atomic E-state index is 0. The molecule has 1 fully saturated rings. The van der Waals surface area contributed by atoms with Crippen molar-refractivity contribution in [2.45, 2.75) is 31.7 Å². The Hall–Kier alpha value is -1.63. The van der Waals surface area contributed by atoms with Crippen LogP contribution in [0.15, 0.2) is 54.6 Å². The molecule has 3 rings (SSSR count). The number of carbonyl (C=O) groups excluding carboxylic acids is 1. The Morgan fingerprint density at radius 1 is 0.941 bits per heavy atom. The van der Waals surface area contributed by atoms with E-state index in [0.717, 1.165) is 52.4 Å². The van der Waals surface area contributed by atoms with E-state index in [-0.39, 0.29) is 20.4 Å². The van der Waals surface area contributed by atoms with Crippen LogP contribution in [0, 0.1) is 0 Å². The van der Waals surface area contributed by atoms with Crippen LogP contribution in [-0.2, 0) is 31.8 Å². The third-order valence-electron chi connectivity index (χ3n) is 5.62. The van der Waals surface area contributed by atoms with Crippen molar-refractivity contribution in [3.05, 3.63) is 71.5 Å². The van der Waals surface area contributed by atoms with Crippen LogP contribution in [-0.4, -0.2) is 85.4 Å². The first-order valence-corrected chi connectivity index (χ1v) is 11.3. The van der Waals surface area contributed by atoms with Crippen LogP contribution >= 0.6 is 0 Å². The van der Waals surface area contributed by atoms with E-state index in [4.69, 9.17) is 20.7 Å². The quantitative estimate of drug-likeness (QED) is 0.285. The van der Waals surface area contributed by atoms with Crippen molar-refractivity contribution in [1.82, 2.24) is 9.80 Å². The fourth-order valence-electron chi connectivity index (χ4n) is 4.05. The van der Waals surface area contributed by atoms with Gasteiger partial charge in [-0.2, -0.15) is 0 Å². The van der Waals surface area contributed by atoms with Crippen molar-refractivity contribution in [2.24, 2.45) is 0 Å². The van der Waals surface area contributed by atoms with Crippen molar-refractivity contribution < 1.29 is 40.5 Å². The fraction of sp³-hybridized carbons (Fsp3) is 0.500. The smallest absolute Gasteiger partial charge is 0.120 e. The molecule has 0 atom stereocenters. The van der Waals surface area contributed by atoms with E-state index in [1.807, 2.05) is 18.2 Å². The van der Waals surface area contributed by atoms with E-state index in [1.54, 1.807) is 6.07 Å². The second-order valence-electron chi connectivity index (χ2n) is 7.54. The van der Waals surface area contributed by atoms with Crippen molar-refractivity contribution in [3.8, 4) is 5.75 Å². The first-order chi connectivity index (χ1) is 16.3. The van der Waals surface area contributed by atoms with Gasteiger partial charge in [0.15, 0.2) is 0 Å². The Labute approximate surface area is 219 Å². The molecule has 1 radical (unpaired) electrons. The van der Waals surface area contributed by atoms with Crippen molar-refractivity contribution in [2.75, 3.05) is 53.5 Å². The molecule has 2 aromatic carbocycles. The Bertz CT molecular complexity index is 701. The van der Waals surface area contributed by atoms with Gasteiger partial charge in [0.1, 0.15) is 5.75 Å². The number of hydrogen-bond acceptors (Lipinski definition) is 6. The number of likely N-dealkylation sites (tertiary alicyclic amines) is 1. The maximum atomic E-state index is 9.99. The zero-order valence-corrected chi connectivity index (χ0v) is 23.2. The molecule has 0 aliphatic carbocycles. The van der Waals surface area contributed by atoms with Crippen LogP contribution in [0.3, 0.4) is 0 Å². The molecule has 0 aromatic heterocycles. The molecule has 34 heavy (non-hydrogen) atoms. The Morgan fingerprint density at radius 2 is 1.50 bits per heavy atom. The number of aromatic hydroxyl groups is 1. The summed E-state index contributed by atoms with van der Waals surface area (Å²) in [5.74, 6) is 1.07. The molecule has 0 saturated carbocycles. The molecule has 1 heterocycles. The van der Waals surface area contributed by atoms with Crippen molar-refractivity contribution in [3.63, 3.8) is 0 Å². The number of nitrogens with one attached hydrogen (secondary N) is 1. The van der Waals surface area contributed by atoms with Gasteiger partial charge in [-0.05, 0) is 69.5 Å². The fourth-order valence-corrected chi connectivity index (χ4v) is 4.05. The Balaban J connectivity index is 0. The Kier molecular flexibility index (Phi) is 23.5. The molecule has 1 aliphatic rings. The molecule has 4 N–H and O–H groups in total. The van der Waals surface area contributed by atoms with Crippen molar-refractivity contribution >= 4 is 6.79 Å². The van der Waals surface area contributed by atoms with Gasteiger partial charge in [-0.25, -0.2) is 0 Å². The average Bonchev–Trinajstić information content (AvgIpc) is 2.90. The van der Waals surface area contributed by atoms with E-state index >= 15 is 0 Å². The number of benzene rings is 2. The van der Waals surface area contributed by atoms with Gasteiger partial charge in [0.2, 0.25) is 0 Å². The summed E-state index contributed by atoms with van der Waals surface area (Å²) in [4.78, 5) is 12.6. The van der Waals surface area contributed by atoms with E-state index in [1.165, 1.54) is 31.5 Å². The molecule has 7 nitrogen and oxygen atoms in total. The monoisotopic (exact) mass is 646 g/mol. The molecular formula is C26H41N3O4Re-2. The maximum Gasteiger partial charge on any atom is 0.120 e. The summed E-state index contributed by atoms with van der Waals surface area (Å²) < 4.78 is 0. The maximum absolute atomic E-state index is 9.99. The largest absolute Gasteiger partial charge is 0.676 e. The van der Waals surface area contributed by atoms with E-state index in [2.05, 4.69) is 46.9 Å². The number of phenols is 1. The normalized spacial score (nSPS) is 13.2. The predicted octanol–water partition coefficient (Wildman–Crippen LogP) is 3.46. The molecular weight excluding hydrogens is 605 g/mol. The minimum absolute atomic E-state index is 0. The second-order valence-corrected chi connectivity index (χ2v) is 7.54. The molecule has 0 amide bonds.